The van der Waals surface area contributed by atoms with E-state index in [4.69, 9.17) is 0 Å². The van der Waals surface area contributed by atoms with Crippen LogP contribution in [0.1, 0.15) is 23.1 Å². The first kappa shape index (κ1) is 19.0. The Kier molecular flexibility index (Phi) is 6.47. The molecule has 0 aromatic heterocycles. The van der Waals surface area contributed by atoms with Crippen LogP contribution in [0.5, 0.6) is 0 Å². The highest BCUT2D eigenvalue weighted by molar-refractivity contribution is 5.78. The number of carbonyl (C=O) groups excluding carboxylic acids is 2. The number of benzene rings is 2. The lowest BCUT2D eigenvalue weighted by Gasteiger charge is -2.34. The van der Waals surface area contributed by atoms with Crippen molar-refractivity contribution in [1.29, 1.82) is 0 Å². The van der Waals surface area contributed by atoms with Crippen LogP contribution in [-0.4, -0.2) is 47.9 Å². The number of aryl methyl sites for hydroxylation is 2. The predicted molar refractivity (Wildman–Crippen MR) is 106 cm³/mol. The molecule has 1 aliphatic heterocycles. The average molecular weight is 365 g/mol. The molecule has 0 radical (unpaired) electrons. The lowest BCUT2D eigenvalue weighted by atomic mass is 10.1. The van der Waals surface area contributed by atoms with Crippen molar-refractivity contribution < 1.29 is 9.59 Å². The molecule has 2 aromatic rings. The van der Waals surface area contributed by atoms with Crippen LogP contribution in [0.15, 0.2) is 54.6 Å². The molecule has 1 fully saturated rings. The third-order valence-corrected chi connectivity index (χ3v) is 4.95. The number of piperazine rings is 1. The van der Waals surface area contributed by atoms with Crippen LogP contribution < -0.4 is 5.32 Å². The Hall–Kier alpha value is -2.82. The normalized spacial score (nSPS) is 14.1. The Bertz CT molecular complexity index is 751. The van der Waals surface area contributed by atoms with Gasteiger partial charge in [-0.15, -0.1) is 0 Å². The summed E-state index contributed by atoms with van der Waals surface area (Å²) in [6, 6.07) is 18.1. The summed E-state index contributed by atoms with van der Waals surface area (Å²) in [5.74, 6) is 0.167. The molecule has 0 atom stereocenters. The maximum Gasteiger partial charge on any atom is 0.317 e. The van der Waals surface area contributed by atoms with Gasteiger partial charge in [-0.3, -0.25) is 4.79 Å². The molecule has 1 saturated heterocycles. The Morgan fingerprint density at radius 2 is 1.48 bits per heavy atom. The van der Waals surface area contributed by atoms with E-state index in [0.717, 1.165) is 12.0 Å². The van der Waals surface area contributed by atoms with Gasteiger partial charge >= 0.3 is 6.03 Å². The molecular formula is C22H27N3O2. The van der Waals surface area contributed by atoms with E-state index in [-0.39, 0.29) is 11.9 Å². The molecule has 0 bridgehead atoms. The highest BCUT2D eigenvalue weighted by atomic mass is 16.2. The fourth-order valence-electron chi connectivity index (χ4n) is 3.21. The van der Waals surface area contributed by atoms with Gasteiger partial charge in [0.2, 0.25) is 5.91 Å². The van der Waals surface area contributed by atoms with E-state index in [1.165, 1.54) is 11.1 Å². The lowest BCUT2D eigenvalue weighted by molar-refractivity contribution is -0.132. The minimum absolute atomic E-state index is 0.0643. The van der Waals surface area contributed by atoms with Gasteiger partial charge in [-0.05, 0) is 24.5 Å². The molecule has 1 N–H and O–H groups in total. The molecular weight excluding hydrogens is 338 g/mol. The largest absolute Gasteiger partial charge is 0.339 e. The fourth-order valence-corrected chi connectivity index (χ4v) is 3.21. The second-order valence-corrected chi connectivity index (χ2v) is 7.00. The third kappa shape index (κ3) is 5.58. The zero-order chi connectivity index (χ0) is 19.1. The Morgan fingerprint density at radius 1 is 0.852 bits per heavy atom. The summed E-state index contributed by atoms with van der Waals surface area (Å²) < 4.78 is 0. The third-order valence-electron chi connectivity index (χ3n) is 4.95. The van der Waals surface area contributed by atoms with E-state index in [0.29, 0.717) is 39.1 Å². The smallest absolute Gasteiger partial charge is 0.317 e. The van der Waals surface area contributed by atoms with E-state index < -0.39 is 0 Å². The molecule has 3 rings (SSSR count). The number of nitrogens with zero attached hydrogens (tertiary/aromatic N) is 2. The molecule has 5 heteroatoms. The van der Waals surface area contributed by atoms with Crippen LogP contribution >= 0.6 is 0 Å². The molecule has 2 aromatic carbocycles. The molecule has 1 aliphatic rings. The van der Waals surface area contributed by atoms with Crippen LogP contribution in [0.4, 0.5) is 4.79 Å². The van der Waals surface area contributed by atoms with E-state index >= 15 is 0 Å². The van der Waals surface area contributed by atoms with Crippen molar-refractivity contribution in [3.05, 3.63) is 71.3 Å². The average Bonchev–Trinajstić information content (AvgIpc) is 2.72. The van der Waals surface area contributed by atoms with Gasteiger partial charge in [0.05, 0.1) is 0 Å². The van der Waals surface area contributed by atoms with Gasteiger partial charge in [0.25, 0.3) is 0 Å². The summed E-state index contributed by atoms with van der Waals surface area (Å²) in [4.78, 5) is 28.4. The first-order valence-corrected chi connectivity index (χ1v) is 9.52. The molecule has 0 saturated carbocycles. The van der Waals surface area contributed by atoms with Crippen LogP contribution in [0.2, 0.25) is 0 Å². The minimum Gasteiger partial charge on any atom is -0.339 e. The van der Waals surface area contributed by atoms with Gasteiger partial charge in [-0.1, -0.05) is 60.2 Å². The molecule has 27 heavy (non-hydrogen) atoms. The molecule has 0 unspecified atom stereocenters. The van der Waals surface area contributed by atoms with Crippen molar-refractivity contribution in [2.24, 2.45) is 0 Å². The maximum absolute atomic E-state index is 12.4. The second kappa shape index (κ2) is 9.21. The van der Waals surface area contributed by atoms with Gasteiger partial charge in [0.15, 0.2) is 0 Å². The first-order valence-electron chi connectivity index (χ1n) is 9.52. The van der Waals surface area contributed by atoms with Crippen LogP contribution in [-0.2, 0) is 17.8 Å². The number of hydrogen-bond donors (Lipinski definition) is 1. The summed E-state index contributed by atoms with van der Waals surface area (Å²) in [5, 5.41) is 2.95. The first-order chi connectivity index (χ1) is 13.1. The number of urea groups is 1. The number of carbonyl (C=O) groups is 2. The topological polar surface area (TPSA) is 52.7 Å². The van der Waals surface area contributed by atoms with Crippen molar-refractivity contribution in [2.45, 2.75) is 26.3 Å². The zero-order valence-corrected chi connectivity index (χ0v) is 15.9. The number of nitrogens with one attached hydrogen (secondary N) is 1. The minimum atomic E-state index is -0.0643. The van der Waals surface area contributed by atoms with Gasteiger partial charge in [-0.2, -0.15) is 0 Å². The van der Waals surface area contributed by atoms with E-state index in [1.54, 1.807) is 4.90 Å². The predicted octanol–water partition coefficient (Wildman–Crippen LogP) is 2.98. The molecule has 0 aliphatic carbocycles. The summed E-state index contributed by atoms with van der Waals surface area (Å²) in [5.41, 5.74) is 3.50. The van der Waals surface area contributed by atoms with Gasteiger partial charge < -0.3 is 15.1 Å². The molecule has 5 nitrogen and oxygen atoms in total. The number of rotatable bonds is 5. The molecule has 0 spiro atoms. The summed E-state index contributed by atoms with van der Waals surface area (Å²) >= 11 is 0. The highest BCUT2D eigenvalue weighted by Crippen LogP contribution is 2.09. The fraction of sp³-hybridized carbons (Fsp3) is 0.364. The summed E-state index contributed by atoms with van der Waals surface area (Å²) in [6.45, 7) is 4.95. The molecule has 3 amide bonds. The summed E-state index contributed by atoms with van der Waals surface area (Å²) in [6.07, 6.45) is 1.28. The lowest BCUT2D eigenvalue weighted by Crippen LogP contribution is -2.53. The quantitative estimate of drug-likeness (QED) is 0.886. The van der Waals surface area contributed by atoms with Crippen molar-refractivity contribution in [2.75, 3.05) is 26.2 Å². The van der Waals surface area contributed by atoms with Crippen molar-refractivity contribution in [3.8, 4) is 0 Å². The van der Waals surface area contributed by atoms with Gasteiger partial charge in [0.1, 0.15) is 0 Å². The van der Waals surface area contributed by atoms with Crippen molar-refractivity contribution in [1.82, 2.24) is 15.1 Å². The highest BCUT2D eigenvalue weighted by Gasteiger charge is 2.23. The van der Waals surface area contributed by atoms with Crippen molar-refractivity contribution >= 4 is 11.9 Å². The molecule has 142 valence electrons. The SMILES string of the molecule is Cc1ccc(CCC(=O)N2CCN(C(=O)NCc3ccccc3)CC2)cc1. The Balaban J connectivity index is 1.39. The van der Waals surface area contributed by atoms with Crippen LogP contribution in [0, 0.1) is 6.92 Å². The van der Waals surface area contributed by atoms with Crippen LogP contribution in [0.3, 0.4) is 0 Å². The zero-order valence-electron chi connectivity index (χ0n) is 15.9. The van der Waals surface area contributed by atoms with Crippen LogP contribution in [0.25, 0.3) is 0 Å². The standard InChI is InChI=1S/C22H27N3O2/c1-18-7-9-19(10-8-18)11-12-21(26)24-13-15-25(16-14-24)22(27)23-17-20-5-3-2-4-6-20/h2-10H,11-17H2,1H3,(H,23,27). The Labute approximate surface area is 161 Å². The number of amides is 3. The maximum atomic E-state index is 12.4. The Morgan fingerprint density at radius 3 is 2.15 bits per heavy atom. The van der Waals surface area contributed by atoms with Crippen molar-refractivity contribution in [3.63, 3.8) is 0 Å². The van der Waals surface area contributed by atoms with Gasteiger partial charge in [0, 0.05) is 39.1 Å². The van der Waals surface area contributed by atoms with E-state index in [1.807, 2.05) is 35.2 Å². The van der Waals surface area contributed by atoms with E-state index in [2.05, 4.69) is 36.5 Å². The monoisotopic (exact) mass is 365 g/mol. The van der Waals surface area contributed by atoms with Gasteiger partial charge in [-0.25, -0.2) is 4.79 Å². The van der Waals surface area contributed by atoms with E-state index in [9.17, 15) is 9.59 Å². The summed E-state index contributed by atoms with van der Waals surface area (Å²) in [7, 11) is 0. The second-order valence-electron chi connectivity index (χ2n) is 7.00. The number of hydrogen-bond acceptors (Lipinski definition) is 2. The molecule has 1 heterocycles.